The van der Waals surface area contributed by atoms with E-state index in [9.17, 15) is 0 Å². The van der Waals surface area contributed by atoms with Gasteiger partial charge in [0.05, 0.1) is 6.20 Å². The summed E-state index contributed by atoms with van der Waals surface area (Å²) in [6, 6.07) is 3.89. The third kappa shape index (κ3) is 1.93. The molecule has 0 amide bonds. The zero-order chi connectivity index (χ0) is 11.8. The van der Waals surface area contributed by atoms with Crippen LogP contribution in [0.25, 0.3) is 5.65 Å². The number of halogens is 1. The zero-order valence-electron chi connectivity index (χ0n) is 9.93. The van der Waals surface area contributed by atoms with Gasteiger partial charge in [-0.25, -0.2) is 9.50 Å². The highest BCUT2D eigenvalue weighted by Crippen LogP contribution is 2.37. The molecule has 0 aliphatic heterocycles. The van der Waals surface area contributed by atoms with Crippen LogP contribution in [-0.2, 0) is 0 Å². The lowest BCUT2D eigenvalue weighted by molar-refractivity contribution is 0.325. The molecule has 2 aromatic heterocycles. The van der Waals surface area contributed by atoms with Crippen molar-refractivity contribution in [3.63, 3.8) is 0 Å². The van der Waals surface area contributed by atoms with Crippen LogP contribution in [0.5, 0.6) is 0 Å². The van der Waals surface area contributed by atoms with E-state index in [1.807, 2.05) is 12.1 Å². The van der Waals surface area contributed by atoms with Crippen LogP contribution >= 0.6 is 11.6 Å². The molecule has 0 spiro atoms. The van der Waals surface area contributed by atoms with Gasteiger partial charge in [-0.2, -0.15) is 5.10 Å². The summed E-state index contributed by atoms with van der Waals surface area (Å²) in [5.41, 5.74) is 1.99. The van der Waals surface area contributed by atoms with E-state index in [2.05, 4.69) is 17.0 Å². The number of hydrogen-bond donors (Lipinski definition) is 0. The fourth-order valence-electron chi connectivity index (χ4n) is 2.84. The molecule has 0 bridgehead atoms. The summed E-state index contributed by atoms with van der Waals surface area (Å²) in [5, 5.41) is 4.81. The fourth-order valence-corrected chi connectivity index (χ4v) is 3.08. The van der Waals surface area contributed by atoms with Gasteiger partial charge in [0, 0.05) is 17.7 Å². The molecule has 0 saturated heterocycles. The van der Waals surface area contributed by atoms with Crippen molar-refractivity contribution >= 4 is 17.2 Å². The maximum Gasteiger partial charge on any atom is 0.156 e. The Morgan fingerprint density at radius 1 is 1.35 bits per heavy atom. The minimum Gasteiger partial charge on any atom is -0.233 e. The normalized spacial score (nSPS) is 25.3. The topological polar surface area (TPSA) is 30.2 Å². The molecule has 2 atom stereocenters. The second-order valence-electron chi connectivity index (χ2n) is 4.97. The summed E-state index contributed by atoms with van der Waals surface area (Å²) < 4.78 is 1.68. The van der Waals surface area contributed by atoms with Crippen LogP contribution in [0.2, 0.25) is 5.15 Å². The number of nitrogens with zero attached hydrogens (tertiary/aromatic N) is 3. The Balaban J connectivity index is 2.04. The molecule has 0 aromatic carbocycles. The summed E-state index contributed by atoms with van der Waals surface area (Å²) in [6.45, 7) is 2.32. The van der Waals surface area contributed by atoms with E-state index < -0.39 is 0 Å². The summed E-state index contributed by atoms with van der Waals surface area (Å²) in [6.07, 6.45) is 6.92. The quantitative estimate of drug-likeness (QED) is 0.722. The molecule has 4 heteroatoms. The zero-order valence-corrected chi connectivity index (χ0v) is 10.7. The maximum absolute atomic E-state index is 6.23. The standard InChI is InChI=1S/C13H16ClN3/c1-9-4-2-3-5-10(9)11-8-12(14)17-13(16-11)6-7-15-17/h6-10H,2-5H2,1H3. The van der Waals surface area contributed by atoms with E-state index >= 15 is 0 Å². The number of fused-ring (bicyclic) bond motifs is 1. The Kier molecular flexibility index (Phi) is 2.79. The van der Waals surface area contributed by atoms with Crippen molar-refractivity contribution in [3.05, 3.63) is 29.2 Å². The predicted octanol–water partition coefficient (Wildman–Crippen LogP) is 3.68. The van der Waals surface area contributed by atoms with Crippen molar-refractivity contribution in [1.29, 1.82) is 0 Å². The maximum atomic E-state index is 6.23. The lowest BCUT2D eigenvalue weighted by Crippen LogP contribution is -2.16. The highest BCUT2D eigenvalue weighted by atomic mass is 35.5. The molecule has 1 saturated carbocycles. The second-order valence-corrected chi connectivity index (χ2v) is 5.36. The Bertz CT molecular complexity index is 534. The van der Waals surface area contributed by atoms with E-state index in [0.717, 1.165) is 11.3 Å². The molecule has 17 heavy (non-hydrogen) atoms. The number of aromatic nitrogens is 3. The molecule has 1 aliphatic carbocycles. The number of rotatable bonds is 1. The van der Waals surface area contributed by atoms with Crippen LogP contribution in [0.3, 0.4) is 0 Å². The third-order valence-electron chi connectivity index (χ3n) is 3.83. The largest absolute Gasteiger partial charge is 0.233 e. The van der Waals surface area contributed by atoms with Crippen LogP contribution in [0, 0.1) is 5.92 Å². The molecule has 3 nitrogen and oxygen atoms in total. The summed E-state index contributed by atoms with van der Waals surface area (Å²) in [7, 11) is 0. The van der Waals surface area contributed by atoms with Gasteiger partial charge in [0.2, 0.25) is 0 Å². The Morgan fingerprint density at radius 3 is 3.00 bits per heavy atom. The van der Waals surface area contributed by atoms with Crippen LogP contribution in [0.4, 0.5) is 0 Å². The van der Waals surface area contributed by atoms with Gasteiger partial charge in [0.15, 0.2) is 5.65 Å². The SMILES string of the molecule is CC1CCCCC1c1cc(Cl)n2nccc2n1. The minimum absolute atomic E-state index is 0.557. The Morgan fingerprint density at radius 2 is 2.18 bits per heavy atom. The molecule has 2 unspecified atom stereocenters. The summed E-state index contributed by atoms with van der Waals surface area (Å²) >= 11 is 6.23. The fraction of sp³-hybridized carbons (Fsp3) is 0.538. The first-order valence-electron chi connectivity index (χ1n) is 6.26. The smallest absolute Gasteiger partial charge is 0.156 e. The first-order valence-corrected chi connectivity index (χ1v) is 6.63. The summed E-state index contributed by atoms with van der Waals surface area (Å²) in [5.74, 6) is 1.26. The van der Waals surface area contributed by atoms with Crippen LogP contribution in [0.1, 0.15) is 44.2 Å². The Labute approximate surface area is 106 Å². The molecule has 0 N–H and O–H groups in total. The van der Waals surface area contributed by atoms with E-state index in [-0.39, 0.29) is 0 Å². The van der Waals surface area contributed by atoms with Crippen molar-refractivity contribution in [3.8, 4) is 0 Å². The highest BCUT2D eigenvalue weighted by molar-refractivity contribution is 6.29. The minimum atomic E-state index is 0.557. The van der Waals surface area contributed by atoms with Crippen molar-refractivity contribution in [1.82, 2.24) is 14.6 Å². The van der Waals surface area contributed by atoms with Gasteiger partial charge in [-0.1, -0.05) is 37.8 Å². The van der Waals surface area contributed by atoms with Crippen LogP contribution in [-0.4, -0.2) is 14.6 Å². The third-order valence-corrected chi connectivity index (χ3v) is 4.10. The van der Waals surface area contributed by atoms with E-state index in [1.165, 1.54) is 25.7 Å². The van der Waals surface area contributed by atoms with E-state index in [0.29, 0.717) is 17.0 Å². The molecule has 2 aromatic rings. The van der Waals surface area contributed by atoms with E-state index in [4.69, 9.17) is 11.6 Å². The molecule has 1 fully saturated rings. The van der Waals surface area contributed by atoms with Gasteiger partial charge in [-0.3, -0.25) is 0 Å². The van der Waals surface area contributed by atoms with Crippen molar-refractivity contribution in [2.45, 2.75) is 38.5 Å². The van der Waals surface area contributed by atoms with E-state index in [1.54, 1.807) is 10.7 Å². The predicted molar refractivity (Wildman–Crippen MR) is 68.4 cm³/mol. The van der Waals surface area contributed by atoms with Crippen LogP contribution < -0.4 is 0 Å². The molecular formula is C13H16ClN3. The lowest BCUT2D eigenvalue weighted by Gasteiger charge is -2.28. The van der Waals surface area contributed by atoms with Gasteiger partial charge in [-0.05, 0) is 18.4 Å². The molecule has 3 rings (SSSR count). The van der Waals surface area contributed by atoms with Gasteiger partial charge >= 0.3 is 0 Å². The van der Waals surface area contributed by atoms with Gasteiger partial charge in [0.1, 0.15) is 5.15 Å². The van der Waals surface area contributed by atoms with Gasteiger partial charge in [0.25, 0.3) is 0 Å². The molecule has 90 valence electrons. The molecule has 0 radical (unpaired) electrons. The van der Waals surface area contributed by atoms with Crippen molar-refractivity contribution in [2.24, 2.45) is 5.92 Å². The van der Waals surface area contributed by atoms with Gasteiger partial charge in [-0.15, -0.1) is 0 Å². The summed E-state index contributed by atoms with van der Waals surface area (Å²) in [4.78, 5) is 4.69. The Hall–Kier alpha value is -1.09. The highest BCUT2D eigenvalue weighted by Gasteiger charge is 2.24. The number of hydrogen-bond acceptors (Lipinski definition) is 2. The monoisotopic (exact) mass is 249 g/mol. The van der Waals surface area contributed by atoms with Gasteiger partial charge < -0.3 is 0 Å². The first kappa shape index (κ1) is 11.0. The van der Waals surface area contributed by atoms with Crippen LogP contribution in [0.15, 0.2) is 18.3 Å². The lowest BCUT2D eigenvalue weighted by atomic mass is 9.78. The molecule has 2 heterocycles. The van der Waals surface area contributed by atoms with Crippen molar-refractivity contribution < 1.29 is 0 Å². The first-order chi connectivity index (χ1) is 8.25. The van der Waals surface area contributed by atoms with Crippen molar-refractivity contribution in [2.75, 3.05) is 0 Å². The second kappa shape index (κ2) is 4.30. The molecule has 1 aliphatic rings. The average molecular weight is 250 g/mol. The average Bonchev–Trinajstić information content (AvgIpc) is 2.78. The molecular weight excluding hydrogens is 234 g/mol.